The Bertz CT molecular complexity index is 638. The van der Waals surface area contributed by atoms with Crippen molar-refractivity contribution in [1.29, 1.82) is 0 Å². The molecule has 0 radical (unpaired) electrons. The van der Waals surface area contributed by atoms with E-state index >= 15 is 0 Å². The first-order valence-corrected chi connectivity index (χ1v) is 6.58. The molecule has 0 unspecified atom stereocenters. The third-order valence-corrected chi connectivity index (χ3v) is 3.33. The number of aryl methyl sites for hydroxylation is 1. The molecule has 1 N–H and O–H groups in total. The Morgan fingerprint density at radius 3 is 2.70 bits per heavy atom. The van der Waals surface area contributed by atoms with Crippen molar-refractivity contribution in [3.05, 3.63) is 51.4 Å². The summed E-state index contributed by atoms with van der Waals surface area (Å²) in [5.41, 5.74) is 1.43. The highest BCUT2D eigenvalue weighted by Gasteiger charge is 2.06. The van der Waals surface area contributed by atoms with Crippen molar-refractivity contribution >= 4 is 17.3 Å². The molecule has 2 rings (SSSR count). The summed E-state index contributed by atoms with van der Waals surface area (Å²) < 4.78 is 6.31. The zero-order valence-corrected chi connectivity index (χ0v) is 12.1. The number of benzene rings is 1. The van der Waals surface area contributed by atoms with Gasteiger partial charge in [-0.2, -0.15) is 5.10 Å². The molecule has 0 saturated heterocycles. The van der Waals surface area contributed by atoms with Crippen LogP contribution in [0.2, 0.25) is 5.02 Å². The summed E-state index contributed by atoms with van der Waals surface area (Å²) in [5, 5.41) is 7.21. The number of hydrogen-bond acceptors (Lipinski definition) is 4. The van der Waals surface area contributed by atoms with Crippen LogP contribution in [0.1, 0.15) is 5.56 Å². The lowest BCUT2D eigenvalue weighted by Gasteiger charge is -2.08. The van der Waals surface area contributed by atoms with Gasteiger partial charge < -0.3 is 10.1 Å². The molecule has 1 aromatic heterocycles. The predicted octanol–water partition coefficient (Wildman–Crippen LogP) is 2.10. The minimum Gasteiger partial charge on any atom is -0.497 e. The normalized spacial score (nSPS) is 10.3. The second kappa shape index (κ2) is 6.43. The lowest BCUT2D eigenvalue weighted by Crippen LogP contribution is -2.21. The van der Waals surface area contributed by atoms with E-state index < -0.39 is 0 Å². The highest BCUT2D eigenvalue weighted by Crippen LogP contribution is 2.15. The van der Waals surface area contributed by atoms with Gasteiger partial charge in [-0.3, -0.25) is 4.79 Å². The number of nitrogens with one attached hydrogen (secondary N) is 1. The number of hydrogen-bond donors (Lipinski definition) is 1. The second-order valence-electron chi connectivity index (χ2n) is 4.33. The maximum absolute atomic E-state index is 11.6. The first-order chi connectivity index (χ1) is 9.61. The molecule has 5 nitrogen and oxygen atoms in total. The van der Waals surface area contributed by atoms with E-state index in [-0.39, 0.29) is 10.6 Å². The van der Waals surface area contributed by atoms with Crippen LogP contribution in [0.3, 0.4) is 0 Å². The molecular formula is C14H16ClN3O2. The number of anilines is 1. The minimum atomic E-state index is -0.305. The van der Waals surface area contributed by atoms with Crippen LogP contribution in [-0.4, -0.2) is 23.4 Å². The largest absolute Gasteiger partial charge is 0.497 e. The van der Waals surface area contributed by atoms with Crippen LogP contribution in [0.5, 0.6) is 5.75 Å². The van der Waals surface area contributed by atoms with Gasteiger partial charge in [0.05, 0.1) is 19.0 Å². The fraction of sp³-hybridized carbons (Fsp3) is 0.286. The van der Waals surface area contributed by atoms with Crippen molar-refractivity contribution in [2.75, 3.05) is 19.0 Å². The third kappa shape index (κ3) is 3.30. The van der Waals surface area contributed by atoms with Gasteiger partial charge in [0.25, 0.3) is 5.56 Å². The van der Waals surface area contributed by atoms with Crippen molar-refractivity contribution in [3.63, 3.8) is 0 Å². The van der Waals surface area contributed by atoms with Gasteiger partial charge in [-0.25, -0.2) is 4.68 Å². The molecule has 6 heteroatoms. The van der Waals surface area contributed by atoms with Crippen LogP contribution in [0.4, 0.5) is 5.69 Å². The van der Waals surface area contributed by atoms with E-state index in [1.54, 1.807) is 20.4 Å². The van der Waals surface area contributed by atoms with Crippen LogP contribution in [0, 0.1) is 0 Å². The van der Waals surface area contributed by atoms with Crippen molar-refractivity contribution in [2.24, 2.45) is 7.05 Å². The molecule has 2 aromatic rings. The third-order valence-electron chi connectivity index (χ3n) is 2.97. The van der Waals surface area contributed by atoms with Crippen LogP contribution < -0.4 is 15.6 Å². The summed E-state index contributed by atoms with van der Waals surface area (Å²) in [4.78, 5) is 11.6. The Morgan fingerprint density at radius 2 is 2.05 bits per heavy atom. The monoisotopic (exact) mass is 293 g/mol. The Kier molecular flexibility index (Phi) is 4.63. The molecule has 0 atom stereocenters. The van der Waals surface area contributed by atoms with Crippen LogP contribution in [0.25, 0.3) is 0 Å². The Hall–Kier alpha value is -2.01. The molecular weight excluding hydrogens is 278 g/mol. The lowest BCUT2D eigenvalue weighted by atomic mass is 10.1. The quantitative estimate of drug-likeness (QED) is 0.917. The maximum atomic E-state index is 11.6. The Morgan fingerprint density at radius 1 is 1.35 bits per heavy atom. The molecule has 20 heavy (non-hydrogen) atoms. The zero-order chi connectivity index (χ0) is 14.5. The Labute approximate surface area is 122 Å². The SMILES string of the molecule is COc1ccc(CCNc2cnn(C)c(=O)c2Cl)cc1. The first-order valence-electron chi connectivity index (χ1n) is 6.20. The fourth-order valence-corrected chi connectivity index (χ4v) is 2.01. The summed E-state index contributed by atoms with van der Waals surface area (Å²) in [6.07, 6.45) is 2.37. The van der Waals surface area contributed by atoms with E-state index in [0.29, 0.717) is 12.2 Å². The van der Waals surface area contributed by atoms with Crippen molar-refractivity contribution in [3.8, 4) is 5.75 Å². The summed E-state index contributed by atoms with van der Waals surface area (Å²) >= 11 is 5.97. The molecule has 0 saturated carbocycles. The number of aromatic nitrogens is 2. The van der Waals surface area contributed by atoms with E-state index in [1.807, 2.05) is 24.3 Å². The van der Waals surface area contributed by atoms with Gasteiger partial charge in [-0.15, -0.1) is 0 Å². The molecule has 0 aliphatic rings. The van der Waals surface area contributed by atoms with Gasteiger partial charge in [0.2, 0.25) is 0 Å². The van der Waals surface area contributed by atoms with E-state index in [4.69, 9.17) is 16.3 Å². The molecule has 0 fully saturated rings. The number of halogens is 1. The fourth-order valence-electron chi connectivity index (χ4n) is 1.77. The van der Waals surface area contributed by atoms with E-state index in [2.05, 4.69) is 10.4 Å². The average Bonchev–Trinajstić information content (AvgIpc) is 2.48. The summed E-state index contributed by atoms with van der Waals surface area (Å²) in [6.45, 7) is 0.668. The van der Waals surface area contributed by atoms with Crippen molar-refractivity contribution < 1.29 is 4.74 Å². The molecule has 0 spiro atoms. The van der Waals surface area contributed by atoms with Gasteiger partial charge in [0.1, 0.15) is 10.8 Å². The molecule has 0 bridgehead atoms. The highest BCUT2D eigenvalue weighted by atomic mass is 35.5. The molecule has 0 aliphatic carbocycles. The maximum Gasteiger partial charge on any atom is 0.287 e. The minimum absolute atomic E-state index is 0.164. The van der Waals surface area contributed by atoms with Gasteiger partial charge in [-0.1, -0.05) is 23.7 Å². The van der Waals surface area contributed by atoms with Crippen molar-refractivity contribution in [2.45, 2.75) is 6.42 Å². The topological polar surface area (TPSA) is 56.1 Å². The molecule has 106 valence electrons. The number of methoxy groups -OCH3 is 1. The zero-order valence-electron chi connectivity index (χ0n) is 11.4. The summed E-state index contributed by atoms with van der Waals surface area (Å²) in [7, 11) is 3.21. The van der Waals surface area contributed by atoms with Gasteiger partial charge in [0.15, 0.2) is 0 Å². The summed E-state index contributed by atoms with van der Waals surface area (Å²) in [6, 6.07) is 7.85. The van der Waals surface area contributed by atoms with E-state index in [0.717, 1.165) is 12.2 Å². The van der Waals surface area contributed by atoms with Gasteiger partial charge in [-0.05, 0) is 24.1 Å². The van der Waals surface area contributed by atoms with Crippen LogP contribution in [0.15, 0.2) is 35.3 Å². The van der Waals surface area contributed by atoms with Crippen LogP contribution in [-0.2, 0) is 13.5 Å². The molecule has 1 aromatic carbocycles. The lowest BCUT2D eigenvalue weighted by molar-refractivity contribution is 0.414. The predicted molar refractivity (Wildman–Crippen MR) is 79.7 cm³/mol. The van der Waals surface area contributed by atoms with Crippen molar-refractivity contribution in [1.82, 2.24) is 9.78 Å². The van der Waals surface area contributed by atoms with Gasteiger partial charge in [0, 0.05) is 13.6 Å². The molecule has 0 aliphatic heterocycles. The smallest absolute Gasteiger partial charge is 0.287 e. The standard InChI is InChI=1S/C14H16ClN3O2/c1-18-14(19)13(15)12(9-17-18)16-8-7-10-3-5-11(20-2)6-4-10/h3-6,9,16H,7-8H2,1-2H3. The number of rotatable bonds is 5. The van der Waals surface area contributed by atoms with E-state index in [9.17, 15) is 4.79 Å². The number of nitrogens with zero attached hydrogens (tertiary/aromatic N) is 2. The second-order valence-corrected chi connectivity index (χ2v) is 4.70. The highest BCUT2D eigenvalue weighted by molar-refractivity contribution is 6.32. The first kappa shape index (κ1) is 14.4. The molecule has 0 amide bonds. The number of ether oxygens (including phenoxy) is 1. The van der Waals surface area contributed by atoms with Gasteiger partial charge >= 0.3 is 0 Å². The molecule has 1 heterocycles. The average molecular weight is 294 g/mol. The Balaban J connectivity index is 1.96. The van der Waals surface area contributed by atoms with Crippen LogP contribution >= 0.6 is 11.6 Å². The van der Waals surface area contributed by atoms with E-state index in [1.165, 1.54) is 10.2 Å². The summed E-state index contributed by atoms with van der Waals surface area (Å²) in [5.74, 6) is 0.834.